The monoisotopic (exact) mass is 336 g/mol. The second-order valence-electron chi connectivity index (χ2n) is 7.45. The third-order valence-electron chi connectivity index (χ3n) is 4.47. The van der Waals surface area contributed by atoms with Crippen molar-refractivity contribution in [3.63, 3.8) is 0 Å². The van der Waals surface area contributed by atoms with E-state index in [0.717, 1.165) is 12.2 Å². The highest BCUT2D eigenvalue weighted by molar-refractivity contribution is 5.84. The quantitative estimate of drug-likeness (QED) is 0.646. The summed E-state index contributed by atoms with van der Waals surface area (Å²) in [5, 5.41) is 3.95. The molecule has 0 saturated heterocycles. The summed E-state index contributed by atoms with van der Waals surface area (Å²) in [5.74, 6) is 1.06. The van der Waals surface area contributed by atoms with E-state index < -0.39 is 0 Å². The molecule has 0 radical (unpaired) electrons. The van der Waals surface area contributed by atoms with Crippen LogP contribution in [0.3, 0.4) is 0 Å². The van der Waals surface area contributed by atoms with Gasteiger partial charge in [-0.1, -0.05) is 45.0 Å². The van der Waals surface area contributed by atoms with Crippen molar-refractivity contribution in [2.45, 2.75) is 38.5 Å². The molecular weight excluding hydrogens is 312 g/mol. The van der Waals surface area contributed by atoms with Crippen molar-refractivity contribution in [3.8, 4) is 0 Å². The van der Waals surface area contributed by atoms with Crippen molar-refractivity contribution in [2.24, 2.45) is 11.0 Å². The number of rotatable bonds is 5. The van der Waals surface area contributed by atoms with Crippen LogP contribution in [0.1, 0.15) is 50.0 Å². The molecule has 1 aromatic carbocycles. The standard InChI is InChI=1S/C21H24N2O2/c1-21(2,3)16-10-8-15(9-11-16)18-14-19(18)20(24)23-22-12-4-6-17-7-5-13-25-17/h4-13,18-19H,14H2,1-3H3,(H,23,24). The molecule has 1 heterocycles. The molecule has 3 rings (SSSR count). The van der Waals surface area contributed by atoms with Gasteiger partial charge in [-0.05, 0) is 53.2 Å². The second-order valence-corrected chi connectivity index (χ2v) is 7.45. The van der Waals surface area contributed by atoms with Gasteiger partial charge >= 0.3 is 0 Å². The summed E-state index contributed by atoms with van der Waals surface area (Å²) >= 11 is 0. The van der Waals surface area contributed by atoms with E-state index in [1.165, 1.54) is 11.1 Å². The highest BCUT2D eigenvalue weighted by atomic mass is 16.3. The number of nitrogens with one attached hydrogen (secondary N) is 1. The molecule has 1 N–H and O–H groups in total. The molecule has 4 heteroatoms. The Balaban J connectivity index is 1.48. The average Bonchev–Trinajstić information content (AvgIpc) is 3.22. The van der Waals surface area contributed by atoms with Crippen molar-refractivity contribution < 1.29 is 9.21 Å². The largest absolute Gasteiger partial charge is 0.465 e. The maximum atomic E-state index is 12.1. The Bertz CT molecular complexity index is 765. The molecule has 1 aliphatic rings. The molecule has 25 heavy (non-hydrogen) atoms. The predicted octanol–water partition coefficient (Wildman–Crippen LogP) is 4.50. The number of hydrogen-bond donors (Lipinski definition) is 1. The Morgan fingerprint density at radius 3 is 2.64 bits per heavy atom. The number of amides is 1. The molecule has 2 unspecified atom stereocenters. The van der Waals surface area contributed by atoms with Crippen LogP contribution in [0, 0.1) is 5.92 Å². The van der Waals surface area contributed by atoms with E-state index in [9.17, 15) is 4.79 Å². The molecule has 2 atom stereocenters. The lowest BCUT2D eigenvalue weighted by Crippen LogP contribution is -2.19. The summed E-state index contributed by atoms with van der Waals surface area (Å²) in [5.41, 5.74) is 5.30. The van der Waals surface area contributed by atoms with Crippen LogP contribution in [-0.2, 0) is 10.2 Å². The average molecular weight is 336 g/mol. The fraction of sp³-hybridized carbons (Fsp3) is 0.333. The smallest absolute Gasteiger partial charge is 0.243 e. The van der Waals surface area contributed by atoms with Gasteiger partial charge in [-0.2, -0.15) is 5.10 Å². The van der Waals surface area contributed by atoms with Gasteiger partial charge in [0.25, 0.3) is 0 Å². The minimum atomic E-state index is -0.0208. The number of allylic oxidation sites excluding steroid dienone is 1. The zero-order chi connectivity index (χ0) is 17.9. The second kappa shape index (κ2) is 7.09. The van der Waals surface area contributed by atoms with Crippen molar-refractivity contribution in [2.75, 3.05) is 0 Å². The normalized spacial score (nSPS) is 20.3. The first kappa shape index (κ1) is 17.2. The summed E-state index contributed by atoms with van der Waals surface area (Å²) < 4.78 is 5.17. The zero-order valence-electron chi connectivity index (χ0n) is 14.9. The topological polar surface area (TPSA) is 54.6 Å². The number of furan rings is 1. The molecule has 4 nitrogen and oxygen atoms in total. The van der Waals surface area contributed by atoms with Crippen LogP contribution in [0.4, 0.5) is 0 Å². The highest BCUT2D eigenvalue weighted by Gasteiger charge is 2.43. The molecular formula is C21H24N2O2. The maximum Gasteiger partial charge on any atom is 0.243 e. The van der Waals surface area contributed by atoms with E-state index >= 15 is 0 Å². The Morgan fingerprint density at radius 1 is 1.24 bits per heavy atom. The molecule has 1 aromatic heterocycles. The Hall–Kier alpha value is -2.62. The first-order chi connectivity index (χ1) is 11.9. The number of carbonyl (C=O) groups excluding carboxylic acids is 1. The van der Waals surface area contributed by atoms with Gasteiger partial charge in [0.05, 0.1) is 6.26 Å². The molecule has 1 fully saturated rings. The van der Waals surface area contributed by atoms with E-state index in [1.54, 1.807) is 24.6 Å². The highest BCUT2D eigenvalue weighted by Crippen LogP contribution is 2.47. The van der Waals surface area contributed by atoms with Gasteiger partial charge in [-0.25, -0.2) is 5.43 Å². The molecule has 0 bridgehead atoms. The summed E-state index contributed by atoms with van der Waals surface area (Å²) in [6, 6.07) is 12.3. The molecule has 0 aliphatic heterocycles. The van der Waals surface area contributed by atoms with Crippen molar-refractivity contribution in [3.05, 3.63) is 65.6 Å². The predicted molar refractivity (Wildman–Crippen MR) is 100 cm³/mol. The van der Waals surface area contributed by atoms with Crippen LogP contribution in [0.5, 0.6) is 0 Å². The van der Waals surface area contributed by atoms with Crippen LogP contribution in [0.25, 0.3) is 6.08 Å². The lowest BCUT2D eigenvalue weighted by atomic mass is 9.86. The van der Waals surface area contributed by atoms with Crippen LogP contribution in [0.15, 0.2) is 58.3 Å². The third kappa shape index (κ3) is 4.47. The fourth-order valence-corrected chi connectivity index (χ4v) is 2.83. The molecule has 0 spiro atoms. The Morgan fingerprint density at radius 2 is 2.00 bits per heavy atom. The first-order valence-corrected chi connectivity index (χ1v) is 8.58. The lowest BCUT2D eigenvalue weighted by Gasteiger charge is -2.19. The Labute approximate surface area is 148 Å². The SMILES string of the molecule is CC(C)(C)c1ccc(C2CC2C(=O)NN=CC=Cc2ccco2)cc1. The first-order valence-electron chi connectivity index (χ1n) is 8.58. The van der Waals surface area contributed by atoms with Crippen LogP contribution >= 0.6 is 0 Å². The van der Waals surface area contributed by atoms with Gasteiger partial charge in [0.2, 0.25) is 5.91 Å². The van der Waals surface area contributed by atoms with Crippen LogP contribution < -0.4 is 5.43 Å². The van der Waals surface area contributed by atoms with Gasteiger partial charge in [0.15, 0.2) is 0 Å². The van der Waals surface area contributed by atoms with Gasteiger partial charge in [0, 0.05) is 12.1 Å². The number of carbonyl (C=O) groups is 1. The van der Waals surface area contributed by atoms with Gasteiger partial charge in [-0.15, -0.1) is 0 Å². The Kier molecular flexibility index (Phi) is 4.88. The maximum absolute atomic E-state index is 12.1. The van der Waals surface area contributed by atoms with E-state index in [-0.39, 0.29) is 17.2 Å². The summed E-state index contributed by atoms with van der Waals surface area (Å²) in [6.45, 7) is 6.61. The van der Waals surface area contributed by atoms with Crippen molar-refractivity contribution in [1.29, 1.82) is 0 Å². The van der Waals surface area contributed by atoms with E-state index in [2.05, 4.69) is 55.6 Å². The number of hydrogen-bond acceptors (Lipinski definition) is 3. The minimum Gasteiger partial charge on any atom is -0.465 e. The van der Waals surface area contributed by atoms with E-state index in [4.69, 9.17) is 4.42 Å². The lowest BCUT2D eigenvalue weighted by molar-refractivity contribution is -0.122. The van der Waals surface area contributed by atoms with Gasteiger partial charge in [-0.3, -0.25) is 4.79 Å². The molecule has 1 aliphatic carbocycles. The molecule has 1 saturated carbocycles. The summed E-state index contributed by atoms with van der Waals surface area (Å²) in [6.07, 6.45) is 7.56. The molecule has 2 aromatic rings. The molecule has 130 valence electrons. The number of nitrogens with zero attached hydrogens (tertiary/aromatic N) is 1. The van der Waals surface area contributed by atoms with Crippen LogP contribution in [-0.4, -0.2) is 12.1 Å². The fourth-order valence-electron chi connectivity index (χ4n) is 2.83. The van der Waals surface area contributed by atoms with Crippen LogP contribution in [0.2, 0.25) is 0 Å². The number of benzene rings is 1. The molecule has 1 amide bonds. The van der Waals surface area contributed by atoms with Gasteiger partial charge in [0.1, 0.15) is 5.76 Å². The summed E-state index contributed by atoms with van der Waals surface area (Å²) in [7, 11) is 0. The van der Waals surface area contributed by atoms with E-state index in [1.807, 2.05) is 12.1 Å². The van der Waals surface area contributed by atoms with Crippen molar-refractivity contribution >= 4 is 18.2 Å². The third-order valence-corrected chi connectivity index (χ3v) is 4.47. The zero-order valence-corrected chi connectivity index (χ0v) is 14.9. The van der Waals surface area contributed by atoms with Crippen molar-refractivity contribution in [1.82, 2.24) is 5.43 Å². The minimum absolute atomic E-state index is 0.0201. The summed E-state index contributed by atoms with van der Waals surface area (Å²) in [4.78, 5) is 12.1. The van der Waals surface area contributed by atoms with E-state index in [0.29, 0.717) is 5.92 Å². The van der Waals surface area contributed by atoms with Gasteiger partial charge < -0.3 is 4.42 Å². The number of hydrazone groups is 1.